The molecule has 1 fully saturated rings. The summed E-state index contributed by atoms with van der Waals surface area (Å²) in [7, 11) is 1.69. The molecule has 3 nitrogen and oxygen atoms in total. The topological polar surface area (TPSA) is 32.7 Å². The van der Waals surface area contributed by atoms with Crippen LogP contribution in [0.2, 0.25) is 0 Å². The molecule has 2 rings (SSSR count). The summed E-state index contributed by atoms with van der Waals surface area (Å²) in [6.45, 7) is 6.13. The van der Waals surface area contributed by atoms with Crippen molar-refractivity contribution in [3.05, 3.63) is 29.8 Å². The number of aliphatic hydroxyl groups excluding tert-OH is 1. The number of rotatable bonds is 3. The van der Waals surface area contributed by atoms with E-state index in [1.165, 1.54) is 5.56 Å². The normalized spacial score (nSPS) is 26.9. The zero-order valence-electron chi connectivity index (χ0n) is 11.5. The summed E-state index contributed by atoms with van der Waals surface area (Å²) in [6.07, 6.45) is 0.863. The molecule has 1 heterocycles. The van der Waals surface area contributed by atoms with Gasteiger partial charge in [0.25, 0.3) is 0 Å². The van der Waals surface area contributed by atoms with Gasteiger partial charge < -0.3 is 9.84 Å². The number of methoxy groups -OCH3 is 1. The number of aliphatic hydroxyl groups is 1. The fourth-order valence-electron chi connectivity index (χ4n) is 2.54. The molecular weight excluding hydrogens is 226 g/mol. The van der Waals surface area contributed by atoms with Crippen LogP contribution in [0.4, 0.5) is 0 Å². The molecule has 0 spiro atoms. The molecule has 1 aromatic rings. The van der Waals surface area contributed by atoms with Crippen LogP contribution in [0.25, 0.3) is 0 Å². The first-order chi connectivity index (χ1) is 8.61. The van der Waals surface area contributed by atoms with Gasteiger partial charge in [-0.05, 0) is 43.5 Å². The van der Waals surface area contributed by atoms with Crippen LogP contribution in [0.1, 0.15) is 31.9 Å². The van der Waals surface area contributed by atoms with Gasteiger partial charge in [0.15, 0.2) is 0 Å². The minimum atomic E-state index is -0.202. The Morgan fingerprint density at radius 2 is 2.22 bits per heavy atom. The maximum Gasteiger partial charge on any atom is 0.119 e. The molecule has 18 heavy (non-hydrogen) atoms. The first-order valence-corrected chi connectivity index (χ1v) is 6.68. The van der Waals surface area contributed by atoms with Crippen LogP contribution in [0.3, 0.4) is 0 Å². The molecule has 1 saturated heterocycles. The van der Waals surface area contributed by atoms with E-state index in [4.69, 9.17) is 4.74 Å². The fourth-order valence-corrected chi connectivity index (χ4v) is 2.54. The summed E-state index contributed by atoms with van der Waals surface area (Å²) in [4.78, 5) is 2.35. The third kappa shape index (κ3) is 2.85. The molecule has 100 valence electrons. The van der Waals surface area contributed by atoms with Gasteiger partial charge >= 0.3 is 0 Å². The van der Waals surface area contributed by atoms with E-state index in [1.807, 2.05) is 12.1 Å². The number of β-amino-alcohol motifs (C(OH)–C–C–N with tert-alkyl or cyclic N) is 1. The minimum absolute atomic E-state index is 0.202. The fraction of sp³-hybridized carbons (Fsp3) is 0.600. The third-order valence-corrected chi connectivity index (χ3v) is 4.07. The maximum atomic E-state index is 9.98. The van der Waals surface area contributed by atoms with Crippen molar-refractivity contribution in [1.29, 1.82) is 0 Å². The van der Waals surface area contributed by atoms with Crippen LogP contribution < -0.4 is 4.74 Å². The number of likely N-dealkylation sites (tertiary alicyclic amines) is 1. The van der Waals surface area contributed by atoms with Gasteiger partial charge in [-0.1, -0.05) is 19.1 Å². The highest BCUT2D eigenvalue weighted by Crippen LogP contribution is 2.28. The minimum Gasteiger partial charge on any atom is -0.497 e. The Labute approximate surface area is 109 Å². The average Bonchev–Trinajstić information content (AvgIpc) is 2.41. The molecule has 0 aliphatic carbocycles. The molecule has 3 atom stereocenters. The average molecular weight is 249 g/mol. The summed E-state index contributed by atoms with van der Waals surface area (Å²) in [5.74, 6) is 1.31. The Hall–Kier alpha value is -1.06. The van der Waals surface area contributed by atoms with Crippen LogP contribution >= 0.6 is 0 Å². The summed E-state index contributed by atoms with van der Waals surface area (Å²) >= 11 is 0. The van der Waals surface area contributed by atoms with Crippen molar-refractivity contribution in [1.82, 2.24) is 4.90 Å². The summed E-state index contributed by atoms with van der Waals surface area (Å²) in [6, 6.07) is 8.51. The van der Waals surface area contributed by atoms with Crippen molar-refractivity contribution in [3.63, 3.8) is 0 Å². The lowest BCUT2D eigenvalue weighted by atomic mass is 9.94. The molecule has 1 aliphatic rings. The number of ether oxygens (including phenoxy) is 1. The second-order valence-electron chi connectivity index (χ2n) is 5.28. The molecule has 0 amide bonds. The first kappa shape index (κ1) is 13.4. The Morgan fingerprint density at radius 3 is 2.89 bits per heavy atom. The number of piperidine rings is 1. The zero-order valence-corrected chi connectivity index (χ0v) is 11.5. The van der Waals surface area contributed by atoms with Gasteiger partial charge in [0.05, 0.1) is 13.2 Å². The van der Waals surface area contributed by atoms with E-state index < -0.39 is 0 Å². The van der Waals surface area contributed by atoms with Crippen LogP contribution in [0.15, 0.2) is 24.3 Å². The van der Waals surface area contributed by atoms with Gasteiger partial charge in [0, 0.05) is 12.6 Å². The smallest absolute Gasteiger partial charge is 0.119 e. The molecule has 0 radical (unpaired) electrons. The van der Waals surface area contributed by atoms with Crippen molar-refractivity contribution < 1.29 is 9.84 Å². The number of hydrogen-bond acceptors (Lipinski definition) is 3. The highest BCUT2D eigenvalue weighted by Gasteiger charge is 2.27. The quantitative estimate of drug-likeness (QED) is 0.893. The molecule has 1 aromatic carbocycles. The lowest BCUT2D eigenvalue weighted by Crippen LogP contribution is -2.43. The second kappa shape index (κ2) is 5.72. The van der Waals surface area contributed by atoms with Crippen molar-refractivity contribution >= 4 is 0 Å². The van der Waals surface area contributed by atoms with Gasteiger partial charge in [-0.3, -0.25) is 4.90 Å². The lowest BCUT2D eigenvalue weighted by Gasteiger charge is -2.38. The lowest BCUT2D eigenvalue weighted by molar-refractivity contribution is 0.0128. The highest BCUT2D eigenvalue weighted by atomic mass is 16.5. The number of nitrogens with zero attached hydrogens (tertiary/aromatic N) is 1. The van der Waals surface area contributed by atoms with Gasteiger partial charge in [-0.15, -0.1) is 0 Å². The van der Waals surface area contributed by atoms with E-state index in [0.717, 1.165) is 25.3 Å². The molecule has 3 heteroatoms. The van der Waals surface area contributed by atoms with E-state index in [0.29, 0.717) is 12.0 Å². The van der Waals surface area contributed by atoms with Gasteiger partial charge in [0.2, 0.25) is 0 Å². The van der Waals surface area contributed by atoms with Gasteiger partial charge in [-0.2, -0.15) is 0 Å². The first-order valence-electron chi connectivity index (χ1n) is 6.68. The van der Waals surface area contributed by atoms with E-state index in [1.54, 1.807) is 7.11 Å². The summed E-state index contributed by atoms with van der Waals surface area (Å²) in [5.41, 5.74) is 1.25. The van der Waals surface area contributed by atoms with Crippen molar-refractivity contribution in [2.24, 2.45) is 5.92 Å². The summed E-state index contributed by atoms with van der Waals surface area (Å²) < 4.78 is 5.26. The monoisotopic (exact) mass is 249 g/mol. The molecule has 0 saturated carbocycles. The predicted molar refractivity (Wildman–Crippen MR) is 72.8 cm³/mol. The maximum absolute atomic E-state index is 9.98. The van der Waals surface area contributed by atoms with Crippen LogP contribution in [-0.2, 0) is 0 Å². The van der Waals surface area contributed by atoms with Gasteiger partial charge in [0.1, 0.15) is 5.75 Å². The molecular formula is C15H23NO2. The van der Waals surface area contributed by atoms with E-state index >= 15 is 0 Å². The van der Waals surface area contributed by atoms with E-state index in [-0.39, 0.29) is 6.10 Å². The Bertz CT molecular complexity index is 394. The van der Waals surface area contributed by atoms with Crippen LogP contribution in [-0.4, -0.2) is 36.3 Å². The predicted octanol–water partition coefficient (Wildman–Crippen LogP) is 2.46. The van der Waals surface area contributed by atoms with Crippen molar-refractivity contribution in [3.8, 4) is 5.75 Å². The Balaban J connectivity index is 2.08. The zero-order chi connectivity index (χ0) is 13.1. The van der Waals surface area contributed by atoms with Crippen LogP contribution in [0, 0.1) is 5.92 Å². The molecule has 1 N–H and O–H groups in total. The highest BCUT2D eigenvalue weighted by molar-refractivity contribution is 5.30. The van der Waals surface area contributed by atoms with Crippen molar-refractivity contribution in [2.75, 3.05) is 20.2 Å². The van der Waals surface area contributed by atoms with Crippen LogP contribution in [0.5, 0.6) is 5.75 Å². The molecule has 1 aliphatic heterocycles. The Morgan fingerprint density at radius 1 is 1.44 bits per heavy atom. The standard InChI is InChI=1S/C15H23NO2/c1-11-7-8-16(10-15(11)17)12(2)13-5-4-6-14(9-13)18-3/h4-6,9,11-12,15,17H,7-8,10H2,1-3H3. The third-order valence-electron chi connectivity index (χ3n) is 4.07. The Kier molecular flexibility index (Phi) is 4.25. The molecule has 0 bridgehead atoms. The molecule has 3 unspecified atom stereocenters. The number of hydrogen-bond donors (Lipinski definition) is 1. The van der Waals surface area contributed by atoms with Gasteiger partial charge in [-0.25, -0.2) is 0 Å². The van der Waals surface area contributed by atoms with E-state index in [9.17, 15) is 5.11 Å². The second-order valence-corrected chi connectivity index (χ2v) is 5.28. The number of benzene rings is 1. The molecule has 0 aromatic heterocycles. The van der Waals surface area contributed by atoms with E-state index in [2.05, 4.69) is 30.9 Å². The SMILES string of the molecule is COc1cccc(C(C)N2CCC(C)C(O)C2)c1. The summed E-state index contributed by atoms with van der Waals surface area (Å²) in [5, 5.41) is 9.98. The van der Waals surface area contributed by atoms with Crippen molar-refractivity contribution in [2.45, 2.75) is 32.4 Å². The largest absolute Gasteiger partial charge is 0.497 e.